The van der Waals surface area contributed by atoms with Crippen molar-refractivity contribution in [1.29, 1.82) is 0 Å². The molecule has 0 amide bonds. The summed E-state index contributed by atoms with van der Waals surface area (Å²) in [5.74, 6) is -0.175. The number of ether oxygens (including phenoxy) is 2. The molecule has 0 unspecified atom stereocenters. The molecule has 0 saturated heterocycles. The predicted octanol–water partition coefficient (Wildman–Crippen LogP) is 2.75. The molecule has 1 aliphatic carbocycles. The molecule has 16 heavy (non-hydrogen) atoms. The average Bonchev–Trinajstić information content (AvgIpc) is 2.74. The molecule has 3 nitrogen and oxygen atoms in total. The van der Waals surface area contributed by atoms with E-state index < -0.39 is 0 Å². The zero-order valence-electron chi connectivity index (χ0n) is 9.40. The van der Waals surface area contributed by atoms with Gasteiger partial charge in [-0.15, -0.1) is 11.3 Å². The van der Waals surface area contributed by atoms with Crippen LogP contribution in [-0.4, -0.2) is 18.7 Å². The molecule has 0 radical (unpaired) electrons. The summed E-state index contributed by atoms with van der Waals surface area (Å²) in [6, 6.07) is 4.06. The Morgan fingerprint density at radius 1 is 1.56 bits per heavy atom. The zero-order chi connectivity index (χ0) is 11.4. The quantitative estimate of drug-likeness (QED) is 0.742. The Labute approximate surface area is 99.4 Å². The molecule has 0 aromatic carbocycles. The van der Waals surface area contributed by atoms with E-state index in [1.54, 1.807) is 11.3 Å². The number of carbonyl (C=O) groups is 1. The second kappa shape index (κ2) is 4.97. The fraction of sp³-hybridized carbons (Fsp3) is 0.583. The van der Waals surface area contributed by atoms with Crippen LogP contribution in [0.5, 0.6) is 0 Å². The van der Waals surface area contributed by atoms with E-state index in [0.717, 1.165) is 19.3 Å². The standard InChI is InChI=1S/C12H16O3S/c1-14-11(13)8-12(5-3-6-12)15-9-10-4-2-7-16-10/h2,4,7H,3,5-6,8-9H2,1H3. The highest BCUT2D eigenvalue weighted by atomic mass is 32.1. The van der Waals surface area contributed by atoms with Gasteiger partial charge in [0.2, 0.25) is 0 Å². The van der Waals surface area contributed by atoms with Crippen molar-refractivity contribution >= 4 is 17.3 Å². The second-order valence-electron chi connectivity index (χ2n) is 4.16. The maximum absolute atomic E-state index is 11.3. The minimum absolute atomic E-state index is 0.175. The summed E-state index contributed by atoms with van der Waals surface area (Å²) in [7, 11) is 1.42. The number of hydrogen-bond acceptors (Lipinski definition) is 4. The van der Waals surface area contributed by atoms with Crippen LogP contribution in [0.3, 0.4) is 0 Å². The van der Waals surface area contributed by atoms with Crippen molar-refractivity contribution in [1.82, 2.24) is 0 Å². The first-order valence-corrected chi connectivity index (χ1v) is 6.35. The number of methoxy groups -OCH3 is 1. The van der Waals surface area contributed by atoms with Crippen LogP contribution in [0.4, 0.5) is 0 Å². The minimum Gasteiger partial charge on any atom is -0.469 e. The van der Waals surface area contributed by atoms with Gasteiger partial charge in [-0.3, -0.25) is 4.79 Å². The minimum atomic E-state index is -0.253. The fourth-order valence-electron chi connectivity index (χ4n) is 1.90. The number of esters is 1. The Morgan fingerprint density at radius 3 is 2.88 bits per heavy atom. The van der Waals surface area contributed by atoms with Gasteiger partial charge in [-0.2, -0.15) is 0 Å². The fourth-order valence-corrected chi connectivity index (χ4v) is 2.51. The van der Waals surface area contributed by atoms with Gasteiger partial charge in [0, 0.05) is 4.88 Å². The topological polar surface area (TPSA) is 35.5 Å². The summed E-state index contributed by atoms with van der Waals surface area (Å²) in [5, 5.41) is 2.03. The van der Waals surface area contributed by atoms with E-state index in [4.69, 9.17) is 9.47 Å². The normalized spacial score (nSPS) is 17.8. The van der Waals surface area contributed by atoms with Crippen LogP contribution < -0.4 is 0 Å². The van der Waals surface area contributed by atoms with Gasteiger partial charge in [-0.05, 0) is 30.7 Å². The average molecular weight is 240 g/mol. The molecule has 1 heterocycles. The lowest BCUT2D eigenvalue weighted by Gasteiger charge is -2.40. The Balaban J connectivity index is 1.87. The molecule has 0 aliphatic heterocycles. The summed E-state index contributed by atoms with van der Waals surface area (Å²) >= 11 is 1.68. The van der Waals surface area contributed by atoms with E-state index in [1.165, 1.54) is 12.0 Å². The summed E-state index contributed by atoms with van der Waals surface area (Å²) in [5.41, 5.74) is -0.253. The highest BCUT2D eigenvalue weighted by Gasteiger charge is 2.40. The predicted molar refractivity (Wildman–Crippen MR) is 62.3 cm³/mol. The monoisotopic (exact) mass is 240 g/mol. The number of thiophene rings is 1. The summed E-state index contributed by atoms with van der Waals surface area (Å²) in [6.45, 7) is 0.606. The largest absolute Gasteiger partial charge is 0.469 e. The van der Waals surface area contributed by atoms with Gasteiger partial charge in [-0.1, -0.05) is 6.07 Å². The molecule has 0 N–H and O–H groups in total. The third kappa shape index (κ3) is 2.62. The van der Waals surface area contributed by atoms with E-state index in [9.17, 15) is 4.79 Å². The Bertz CT molecular complexity index is 341. The Kier molecular flexibility index (Phi) is 3.61. The molecule has 1 aliphatic rings. The molecular formula is C12H16O3S. The van der Waals surface area contributed by atoms with Crippen LogP contribution in [0.15, 0.2) is 17.5 Å². The van der Waals surface area contributed by atoms with Crippen LogP contribution in [-0.2, 0) is 20.9 Å². The maximum atomic E-state index is 11.3. The summed E-state index contributed by atoms with van der Waals surface area (Å²) in [4.78, 5) is 12.5. The lowest BCUT2D eigenvalue weighted by Crippen LogP contribution is -2.42. The van der Waals surface area contributed by atoms with E-state index in [0.29, 0.717) is 13.0 Å². The van der Waals surface area contributed by atoms with Crippen molar-refractivity contribution < 1.29 is 14.3 Å². The van der Waals surface area contributed by atoms with Gasteiger partial charge >= 0.3 is 5.97 Å². The summed E-state index contributed by atoms with van der Waals surface area (Å²) in [6.07, 6.45) is 3.46. The number of hydrogen-bond donors (Lipinski definition) is 0. The van der Waals surface area contributed by atoms with E-state index in [-0.39, 0.29) is 11.6 Å². The molecule has 88 valence electrons. The van der Waals surface area contributed by atoms with Gasteiger partial charge in [0.05, 0.1) is 25.7 Å². The Hall–Kier alpha value is -0.870. The molecular weight excluding hydrogens is 224 g/mol. The van der Waals surface area contributed by atoms with Crippen LogP contribution >= 0.6 is 11.3 Å². The van der Waals surface area contributed by atoms with E-state index >= 15 is 0 Å². The molecule has 1 saturated carbocycles. The van der Waals surface area contributed by atoms with Crippen molar-refractivity contribution in [3.05, 3.63) is 22.4 Å². The van der Waals surface area contributed by atoms with Crippen molar-refractivity contribution in [2.45, 2.75) is 37.9 Å². The molecule has 1 fully saturated rings. The smallest absolute Gasteiger partial charge is 0.308 e. The maximum Gasteiger partial charge on any atom is 0.308 e. The molecule has 0 bridgehead atoms. The lowest BCUT2D eigenvalue weighted by atomic mass is 9.77. The highest BCUT2D eigenvalue weighted by molar-refractivity contribution is 7.09. The van der Waals surface area contributed by atoms with Gasteiger partial charge in [0.25, 0.3) is 0 Å². The zero-order valence-corrected chi connectivity index (χ0v) is 10.2. The van der Waals surface area contributed by atoms with Crippen molar-refractivity contribution in [2.75, 3.05) is 7.11 Å². The molecule has 2 rings (SSSR count). The number of rotatable bonds is 5. The Morgan fingerprint density at radius 2 is 2.38 bits per heavy atom. The van der Waals surface area contributed by atoms with Crippen molar-refractivity contribution in [2.24, 2.45) is 0 Å². The highest BCUT2D eigenvalue weighted by Crippen LogP contribution is 2.39. The molecule has 1 aromatic heterocycles. The molecule has 1 aromatic rings. The third-order valence-electron chi connectivity index (χ3n) is 3.06. The lowest BCUT2D eigenvalue weighted by molar-refractivity contribution is -0.159. The van der Waals surface area contributed by atoms with Crippen LogP contribution in [0.2, 0.25) is 0 Å². The first-order valence-electron chi connectivity index (χ1n) is 5.47. The van der Waals surface area contributed by atoms with Gasteiger partial charge in [0.15, 0.2) is 0 Å². The van der Waals surface area contributed by atoms with Gasteiger partial charge in [-0.25, -0.2) is 0 Å². The SMILES string of the molecule is COC(=O)CC1(OCc2cccs2)CCC1. The van der Waals surface area contributed by atoms with Crippen LogP contribution in [0.25, 0.3) is 0 Å². The van der Waals surface area contributed by atoms with Crippen LogP contribution in [0, 0.1) is 0 Å². The third-order valence-corrected chi connectivity index (χ3v) is 3.91. The van der Waals surface area contributed by atoms with E-state index in [1.807, 2.05) is 11.4 Å². The summed E-state index contributed by atoms with van der Waals surface area (Å²) < 4.78 is 10.6. The molecule has 0 atom stereocenters. The van der Waals surface area contributed by atoms with Crippen molar-refractivity contribution in [3.63, 3.8) is 0 Å². The molecule has 0 spiro atoms. The van der Waals surface area contributed by atoms with Crippen LogP contribution in [0.1, 0.15) is 30.6 Å². The first kappa shape index (κ1) is 11.6. The second-order valence-corrected chi connectivity index (χ2v) is 5.19. The van der Waals surface area contributed by atoms with E-state index in [2.05, 4.69) is 6.07 Å². The number of carbonyl (C=O) groups excluding carboxylic acids is 1. The van der Waals surface area contributed by atoms with Gasteiger partial charge in [0.1, 0.15) is 0 Å². The van der Waals surface area contributed by atoms with Gasteiger partial charge < -0.3 is 9.47 Å². The first-order chi connectivity index (χ1) is 7.74. The van der Waals surface area contributed by atoms with Crippen molar-refractivity contribution in [3.8, 4) is 0 Å². The molecule has 4 heteroatoms.